The van der Waals surface area contributed by atoms with Gasteiger partial charge in [-0.05, 0) is 84.3 Å². The van der Waals surface area contributed by atoms with Crippen LogP contribution in [-0.2, 0) is 12.8 Å². The summed E-state index contributed by atoms with van der Waals surface area (Å²) in [5.41, 5.74) is 6.03. The Kier molecular flexibility index (Phi) is 9.58. The molecule has 5 rings (SSSR count). The minimum atomic E-state index is -0.120. The molecule has 0 radical (unpaired) electrons. The molecule has 4 heteroatoms. The average Bonchev–Trinajstić information content (AvgIpc) is 3.63. The van der Waals surface area contributed by atoms with Crippen LogP contribution in [0.3, 0.4) is 0 Å². The number of carbonyl (C=O) groups is 2. The quantitative estimate of drug-likeness (QED) is 0.107. The molecule has 42 heavy (non-hydrogen) atoms. The van der Waals surface area contributed by atoms with E-state index in [0.29, 0.717) is 22.3 Å². The lowest BCUT2D eigenvalue weighted by molar-refractivity contribution is 0.0979. The first kappa shape index (κ1) is 29.8. The Labute approximate surface area is 258 Å². The maximum absolute atomic E-state index is 13.9. The van der Waals surface area contributed by atoms with E-state index in [1.54, 1.807) is 34.8 Å². The lowest BCUT2D eigenvalue weighted by Crippen LogP contribution is -2.20. The Balaban J connectivity index is 1.44. The zero-order valence-corrected chi connectivity index (χ0v) is 26.1. The number of ketones is 2. The number of hydrogen-bond acceptors (Lipinski definition) is 4. The van der Waals surface area contributed by atoms with Crippen LogP contribution in [-0.4, -0.2) is 11.6 Å². The third kappa shape index (κ3) is 6.07. The number of thiophene rings is 2. The molecule has 0 amide bonds. The molecule has 0 saturated carbocycles. The normalized spacial score (nSPS) is 12.1. The molecule has 2 nitrogen and oxygen atoms in total. The summed E-state index contributed by atoms with van der Waals surface area (Å²) in [5, 5.41) is 0. The number of fused-ring (bicyclic) bond motifs is 2. The zero-order chi connectivity index (χ0) is 29.6. The van der Waals surface area contributed by atoms with Crippen LogP contribution in [0.5, 0.6) is 0 Å². The molecule has 212 valence electrons. The predicted molar refractivity (Wildman–Crippen MR) is 178 cm³/mol. The van der Waals surface area contributed by atoms with Crippen molar-refractivity contribution in [3.63, 3.8) is 0 Å². The van der Waals surface area contributed by atoms with Crippen molar-refractivity contribution >= 4 is 34.2 Å². The van der Waals surface area contributed by atoms with Gasteiger partial charge in [-0.2, -0.15) is 0 Å². The monoisotopic (exact) mass is 588 g/mol. The Morgan fingerprint density at radius 3 is 1.40 bits per heavy atom. The van der Waals surface area contributed by atoms with Crippen molar-refractivity contribution in [2.24, 2.45) is 0 Å². The highest BCUT2D eigenvalue weighted by atomic mass is 32.1. The van der Waals surface area contributed by atoms with Crippen LogP contribution in [0.15, 0.2) is 48.5 Å². The number of hydrogen-bond donors (Lipinski definition) is 0. The average molecular weight is 589 g/mol. The van der Waals surface area contributed by atoms with Gasteiger partial charge in [-0.1, -0.05) is 76.3 Å². The second-order valence-electron chi connectivity index (χ2n) is 11.0. The first-order valence-electron chi connectivity index (χ1n) is 15.1. The minimum Gasteiger partial charge on any atom is -0.289 e. The zero-order valence-electron chi connectivity index (χ0n) is 24.5. The summed E-state index contributed by atoms with van der Waals surface area (Å²) in [4.78, 5) is 31.3. The van der Waals surface area contributed by atoms with Gasteiger partial charge in [0, 0.05) is 32.0 Å². The van der Waals surface area contributed by atoms with Gasteiger partial charge in [0.2, 0.25) is 0 Å². The fourth-order valence-corrected chi connectivity index (χ4v) is 7.73. The van der Waals surface area contributed by atoms with E-state index in [9.17, 15) is 9.59 Å². The molecule has 0 spiro atoms. The smallest absolute Gasteiger partial charge is 0.194 e. The summed E-state index contributed by atoms with van der Waals surface area (Å²) in [6.45, 7) is 4.42. The van der Waals surface area contributed by atoms with Gasteiger partial charge in [0.25, 0.3) is 0 Å². The lowest BCUT2D eigenvalue weighted by atomic mass is 9.82. The molecule has 0 saturated heterocycles. The summed E-state index contributed by atoms with van der Waals surface area (Å²) in [6, 6.07) is 15.5. The Morgan fingerprint density at radius 2 is 1.00 bits per heavy atom. The summed E-state index contributed by atoms with van der Waals surface area (Å²) in [7, 11) is 0. The second-order valence-corrected chi connectivity index (χ2v) is 13.1. The van der Waals surface area contributed by atoms with E-state index >= 15 is 0 Å². The molecule has 2 aromatic heterocycles. The molecule has 1 aliphatic rings. The molecule has 2 heterocycles. The van der Waals surface area contributed by atoms with Gasteiger partial charge in [-0.3, -0.25) is 9.59 Å². The fraction of sp³-hybridized carbons (Fsp3) is 0.316. The van der Waals surface area contributed by atoms with Crippen molar-refractivity contribution < 1.29 is 9.59 Å². The van der Waals surface area contributed by atoms with Crippen molar-refractivity contribution in [2.45, 2.75) is 78.1 Å². The van der Waals surface area contributed by atoms with E-state index in [2.05, 4.69) is 37.8 Å². The highest BCUT2D eigenvalue weighted by Crippen LogP contribution is 2.38. The van der Waals surface area contributed by atoms with Gasteiger partial charge in [-0.15, -0.1) is 35.5 Å². The van der Waals surface area contributed by atoms with Crippen molar-refractivity contribution in [3.8, 4) is 45.6 Å². The maximum Gasteiger partial charge on any atom is 0.194 e. The number of carbonyl (C=O) groups excluding carboxylic acids is 2. The van der Waals surface area contributed by atoms with E-state index < -0.39 is 0 Å². The molecule has 2 aromatic carbocycles. The Hall–Kier alpha value is -3.70. The fourth-order valence-electron chi connectivity index (χ4n) is 5.70. The topological polar surface area (TPSA) is 34.1 Å². The van der Waals surface area contributed by atoms with Crippen molar-refractivity contribution in [2.75, 3.05) is 0 Å². The molecule has 0 aliphatic heterocycles. The third-order valence-corrected chi connectivity index (χ3v) is 10.4. The largest absolute Gasteiger partial charge is 0.289 e. The van der Waals surface area contributed by atoms with E-state index in [0.717, 1.165) is 56.3 Å². The van der Waals surface area contributed by atoms with Crippen LogP contribution >= 0.6 is 22.7 Å². The van der Waals surface area contributed by atoms with Gasteiger partial charge in [-0.25, -0.2) is 0 Å². The van der Waals surface area contributed by atoms with Gasteiger partial charge >= 0.3 is 0 Å². The first-order valence-corrected chi connectivity index (χ1v) is 16.7. The van der Waals surface area contributed by atoms with Crippen LogP contribution in [0.2, 0.25) is 0 Å². The number of aryl methyl sites for hydroxylation is 2. The van der Waals surface area contributed by atoms with Gasteiger partial charge in [0.1, 0.15) is 0 Å². The number of unbranched alkanes of at least 4 members (excludes halogenated alkanes) is 6. The van der Waals surface area contributed by atoms with Crippen LogP contribution in [0.1, 0.15) is 118 Å². The highest BCUT2D eigenvalue weighted by Gasteiger charge is 2.30. The first-order chi connectivity index (χ1) is 20.5. The van der Waals surface area contributed by atoms with Crippen LogP contribution in [0.4, 0.5) is 0 Å². The van der Waals surface area contributed by atoms with Gasteiger partial charge in [0.05, 0.1) is 9.75 Å². The number of rotatable bonds is 12. The third-order valence-electron chi connectivity index (χ3n) is 8.07. The number of benzene rings is 2. The van der Waals surface area contributed by atoms with E-state index in [1.807, 2.05) is 24.3 Å². The van der Waals surface area contributed by atoms with Crippen molar-refractivity contribution in [1.82, 2.24) is 0 Å². The van der Waals surface area contributed by atoms with Gasteiger partial charge in [0.15, 0.2) is 11.6 Å². The van der Waals surface area contributed by atoms with Crippen molar-refractivity contribution in [3.05, 3.63) is 91.7 Å². The molecule has 0 N–H and O–H groups in total. The predicted octanol–water partition coefficient (Wildman–Crippen LogP) is 10.1. The van der Waals surface area contributed by atoms with E-state index in [1.165, 1.54) is 49.7 Å². The minimum absolute atomic E-state index is 0.114. The number of terminal acetylenes is 2. The Morgan fingerprint density at radius 1 is 0.571 bits per heavy atom. The molecular weight excluding hydrogens is 553 g/mol. The molecular formula is C38H36O2S2. The Bertz CT molecular complexity index is 1590. The van der Waals surface area contributed by atoms with Gasteiger partial charge < -0.3 is 0 Å². The summed E-state index contributed by atoms with van der Waals surface area (Å²) in [5.74, 6) is 5.47. The van der Waals surface area contributed by atoms with Crippen molar-refractivity contribution in [1.29, 1.82) is 0 Å². The molecule has 0 unspecified atom stereocenters. The summed E-state index contributed by atoms with van der Waals surface area (Å²) >= 11 is 3.16. The van der Waals surface area contributed by atoms with Crippen LogP contribution in [0.25, 0.3) is 20.9 Å². The second kappa shape index (κ2) is 13.5. The molecule has 0 fully saturated rings. The summed E-state index contributed by atoms with van der Waals surface area (Å²) < 4.78 is 0. The standard InChI is InChI=1S/C38H36O2S2/c1-5-9-11-13-15-25-23-35(41-33(25)7-3)27-17-19-29-31(21-27)38(40)32-22-28(18-20-30(32)37(29)39)36-24-26(34(8-4)42-36)16-14-12-10-6-2/h3-4,17-24H,5-6,9-16H2,1-2H3. The lowest BCUT2D eigenvalue weighted by Gasteiger charge is -2.19. The molecule has 1 aliphatic carbocycles. The maximum atomic E-state index is 13.9. The van der Waals surface area contributed by atoms with E-state index in [4.69, 9.17) is 12.8 Å². The summed E-state index contributed by atoms with van der Waals surface area (Å²) in [6.07, 6.45) is 23.1. The molecule has 0 bridgehead atoms. The van der Waals surface area contributed by atoms with Crippen LogP contribution in [0, 0.1) is 24.7 Å². The highest BCUT2D eigenvalue weighted by molar-refractivity contribution is 7.16. The SMILES string of the molecule is C#Cc1sc(-c2ccc3c(c2)C(=O)c2cc(-c4cc(CCCCCC)c(C#C)s4)ccc2C3=O)cc1CCCCCC. The molecule has 4 aromatic rings. The van der Waals surface area contributed by atoms with Crippen LogP contribution < -0.4 is 0 Å². The van der Waals surface area contributed by atoms with E-state index in [-0.39, 0.29) is 11.6 Å². The molecule has 0 atom stereocenters.